The summed E-state index contributed by atoms with van der Waals surface area (Å²) in [6.07, 6.45) is 5.85. The molecule has 2 saturated heterocycles. The monoisotopic (exact) mass is 645 g/mol. The van der Waals surface area contributed by atoms with E-state index in [0.717, 1.165) is 25.7 Å². The van der Waals surface area contributed by atoms with E-state index in [-0.39, 0.29) is 41.4 Å². The normalized spacial score (nSPS) is 20.4. The minimum absolute atomic E-state index is 0.0172. The van der Waals surface area contributed by atoms with Crippen LogP contribution in [-0.2, 0) is 16.0 Å². The van der Waals surface area contributed by atoms with Crippen molar-refractivity contribution >= 4 is 28.5 Å². The molecule has 1 saturated carbocycles. The lowest BCUT2D eigenvalue weighted by Gasteiger charge is -2.42. The van der Waals surface area contributed by atoms with Crippen LogP contribution in [0.25, 0.3) is 10.8 Å². The number of carbonyl (C=O) groups is 3. The van der Waals surface area contributed by atoms with Gasteiger partial charge in [0.1, 0.15) is 5.82 Å². The van der Waals surface area contributed by atoms with E-state index < -0.39 is 17.8 Å². The number of nitrogens with zero attached hydrogens (tertiary/aromatic N) is 5. The number of benzene rings is 2. The second kappa shape index (κ2) is 14.3. The molecule has 3 N–H and O–H groups in total. The molecule has 250 valence electrons. The van der Waals surface area contributed by atoms with Gasteiger partial charge in [-0.1, -0.05) is 43.5 Å². The number of halogens is 1. The standard InChI is InChI=1S/C35H44FN7O4/c1-23-21-43(35(47)32(37)25-7-3-2-4-8-25)18-17-42(23)22-31(44)40-13-15-41(16-14-40)34(46)28-19-24(11-12-29(28)36)20-30-26-9-5-6-10-27(26)33(45)39-38-30/h5-6,9-12,19,23,25,32H,2-4,7-8,13-18,20-22,37H2,1H3,(H,39,45)/t23-,32+/m0/s1. The van der Waals surface area contributed by atoms with E-state index in [0.29, 0.717) is 74.3 Å². The van der Waals surface area contributed by atoms with Gasteiger partial charge in [-0.25, -0.2) is 9.49 Å². The highest BCUT2D eigenvalue weighted by Gasteiger charge is 2.35. The Bertz CT molecular complexity index is 1680. The Kier molecular flexibility index (Phi) is 9.97. The van der Waals surface area contributed by atoms with E-state index in [2.05, 4.69) is 15.1 Å². The summed E-state index contributed by atoms with van der Waals surface area (Å²) in [6.45, 7) is 5.32. The molecular weight excluding hydrogens is 601 g/mol. The molecule has 12 heteroatoms. The summed E-state index contributed by atoms with van der Waals surface area (Å²) in [6, 6.07) is 11.2. The summed E-state index contributed by atoms with van der Waals surface area (Å²) in [5.41, 5.74) is 7.41. The van der Waals surface area contributed by atoms with Crippen LogP contribution in [0, 0.1) is 11.7 Å². The fourth-order valence-electron chi connectivity index (χ4n) is 7.28. The summed E-state index contributed by atoms with van der Waals surface area (Å²) in [5.74, 6) is -0.757. The lowest BCUT2D eigenvalue weighted by atomic mass is 9.83. The molecule has 2 aliphatic heterocycles. The van der Waals surface area contributed by atoms with Crippen LogP contribution in [0.5, 0.6) is 0 Å². The lowest BCUT2D eigenvalue weighted by molar-refractivity contribution is -0.139. The molecule has 3 aliphatic rings. The van der Waals surface area contributed by atoms with Crippen LogP contribution in [0.2, 0.25) is 0 Å². The van der Waals surface area contributed by atoms with Gasteiger partial charge in [-0.2, -0.15) is 5.10 Å². The number of H-pyrrole nitrogens is 1. The van der Waals surface area contributed by atoms with Crippen molar-refractivity contribution < 1.29 is 18.8 Å². The summed E-state index contributed by atoms with van der Waals surface area (Å²) in [4.78, 5) is 59.3. The molecule has 1 aromatic heterocycles. The Morgan fingerprint density at radius 3 is 2.34 bits per heavy atom. The molecule has 3 heterocycles. The van der Waals surface area contributed by atoms with Crippen molar-refractivity contribution in [2.75, 3.05) is 52.4 Å². The average molecular weight is 646 g/mol. The lowest BCUT2D eigenvalue weighted by Crippen LogP contribution is -2.60. The number of piperazine rings is 2. The van der Waals surface area contributed by atoms with Crippen LogP contribution in [0.3, 0.4) is 0 Å². The van der Waals surface area contributed by atoms with Crippen LogP contribution in [0.15, 0.2) is 47.3 Å². The van der Waals surface area contributed by atoms with Crippen molar-refractivity contribution in [1.82, 2.24) is 29.8 Å². The second-order valence-electron chi connectivity index (χ2n) is 13.2. The van der Waals surface area contributed by atoms with Crippen molar-refractivity contribution in [3.8, 4) is 0 Å². The Morgan fingerprint density at radius 1 is 0.936 bits per heavy atom. The number of nitrogens with one attached hydrogen (secondary N) is 1. The van der Waals surface area contributed by atoms with Crippen molar-refractivity contribution in [2.24, 2.45) is 11.7 Å². The van der Waals surface area contributed by atoms with Crippen LogP contribution < -0.4 is 11.3 Å². The summed E-state index contributed by atoms with van der Waals surface area (Å²) >= 11 is 0. The van der Waals surface area contributed by atoms with Gasteiger partial charge in [-0.05, 0) is 49.4 Å². The Morgan fingerprint density at radius 2 is 1.62 bits per heavy atom. The van der Waals surface area contributed by atoms with Gasteiger partial charge in [0.25, 0.3) is 11.5 Å². The number of aromatic nitrogens is 2. The Labute approximate surface area is 273 Å². The van der Waals surface area contributed by atoms with Gasteiger partial charge in [-0.3, -0.25) is 24.1 Å². The third-order valence-electron chi connectivity index (χ3n) is 10.2. The number of amides is 3. The van der Waals surface area contributed by atoms with Gasteiger partial charge in [0, 0.05) is 63.7 Å². The number of rotatable bonds is 7. The molecule has 0 unspecified atom stereocenters. The first-order valence-electron chi connectivity index (χ1n) is 16.8. The van der Waals surface area contributed by atoms with Crippen molar-refractivity contribution in [3.05, 3.63) is 75.5 Å². The zero-order valence-corrected chi connectivity index (χ0v) is 27.0. The molecule has 3 fully saturated rings. The first kappa shape index (κ1) is 32.8. The number of carbonyl (C=O) groups excluding carboxylic acids is 3. The van der Waals surface area contributed by atoms with Crippen LogP contribution >= 0.6 is 0 Å². The van der Waals surface area contributed by atoms with E-state index in [4.69, 9.17) is 5.73 Å². The van der Waals surface area contributed by atoms with Gasteiger partial charge in [0.15, 0.2) is 0 Å². The van der Waals surface area contributed by atoms with E-state index in [1.807, 2.05) is 24.0 Å². The van der Waals surface area contributed by atoms with Gasteiger partial charge < -0.3 is 20.4 Å². The zero-order valence-electron chi connectivity index (χ0n) is 27.0. The van der Waals surface area contributed by atoms with Gasteiger partial charge >= 0.3 is 0 Å². The van der Waals surface area contributed by atoms with E-state index in [9.17, 15) is 23.6 Å². The second-order valence-corrected chi connectivity index (χ2v) is 13.2. The van der Waals surface area contributed by atoms with Gasteiger partial charge in [-0.15, -0.1) is 0 Å². The number of hydrogen-bond acceptors (Lipinski definition) is 7. The van der Waals surface area contributed by atoms with E-state index >= 15 is 0 Å². The highest BCUT2D eigenvalue weighted by atomic mass is 19.1. The Balaban J connectivity index is 1.01. The minimum Gasteiger partial charge on any atom is -0.338 e. The van der Waals surface area contributed by atoms with E-state index in [1.165, 1.54) is 12.5 Å². The molecule has 0 spiro atoms. The maximum Gasteiger partial charge on any atom is 0.272 e. The smallest absolute Gasteiger partial charge is 0.272 e. The summed E-state index contributed by atoms with van der Waals surface area (Å²) < 4.78 is 14.9. The summed E-state index contributed by atoms with van der Waals surface area (Å²) in [7, 11) is 0. The predicted octanol–water partition coefficient (Wildman–Crippen LogP) is 2.38. The Hall–Kier alpha value is -4.16. The highest BCUT2D eigenvalue weighted by Crippen LogP contribution is 2.27. The molecule has 0 radical (unpaired) electrons. The number of hydrogen-bond donors (Lipinski definition) is 2. The van der Waals surface area contributed by atoms with Crippen LogP contribution in [0.4, 0.5) is 4.39 Å². The average Bonchev–Trinajstić information content (AvgIpc) is 3.10. The number of nitrogens with two attached hydrogens (primary N) is 1. The first-order chi connectivity index (χ1) is 22.7. The van der Waals surface area contributed by atoms with E-state index in [1.54, 1.807) is 34.1 Å². The molecule has 47 heavy (non-hydrogen) atoms. The van der Waals surface area contributed by atoms with Gasteiger partial charge in [0.2, 0.25) is 11.8 Å². The molecule has 6 rings (SSSR count). The molecule has 3 amide bonds. The maximum absolute atomic E-state index is 14.9. The van der Waals surface area contributed by atoms with Crippen molar-refractivity contribution in [2.45, 2.75) is 57.5 Å². The van der Waals surface area contributed by atoms with Crippen molar-refractivity contribution in [1.29, 1.82) is 0 Å². The molecule has 11 nitrogen and oxygen atoms in total. The highest BCUT2D eigenvalue weighted by molar-refractivity contribution is 5.95. The van der Waals surface area contributed by atoms with Gasteiger partial charge in [0.05, 0.1) is 29.2 Å². The third kappa shape index (κ3) is 7.23. The number of fused-ring (bicyclic) bond motifs is 1. The fourth-order valence-corrected chi connectivity index (χ4v) is 7.28. The molecule has 0 bridgehead atoms. The van der Waals surface area contributed by atoms with Crippen molar-refractivity contribution in [3.63, 3.8) is 0 Å². The molecular formula is C35H44FN7O4. The molecule has 3 aromatic rings. The maximum atomic E-state index is 14.9. The SMILES string of the molecule is C[C@H]1CN(C(=O)[C@H](N)C2CCCCC2)CCN1CC(=O)N1CCN(C(=O)c2cc(Cc3n[nH]c(=O)c4ccccc34)ccc2F)CC1. The third-order valence-corrected chi connectivity index (χ3v) is 10.2. The minimum atomic E-state index is -0.608. The fraction of sp³-hybridized carbons (Fsp3) is 0.514. The predicted molar refractivity (Wildman–Crippen MR) is 176 cm³/mol. The zero-order chi connectivity index (χ0) is 33.1. The summed E-state index contributed by atoms with van der Waals surface area (Å²) in [5, 5.41) is 7.95. The largest absolute Gasteiger partial charge is 0.338 e. The number of aromatic amines is 1. The topological polar surface area (TPSA) is 136 Å². The quantitative estimate of drug-likeness (QED) is 0.403. The molecule has 2 aromatic carbocycles. The van der Waals surface area contributed by atoms with Crippen LogP contribution in [-0.4, -0.2) is 112 Å². The van der Waals surface area contributed by atoms with Crippen LogP contribution in [0.1, 0.15) is 60.6 Å². The molecule has 2 atom stereocenters. The first-order valence-corrected chi connectivity index (χ1v) is 16.8. The molecule has 1 aliphatic carbocycles.